The number of carbonyl (C=O) groups excluding carboxylic acids is 4. The van der Waals surface area contributed by atoms with E-state index in [1.165, 1.54) is 18.1 Å². The molecule has 0 radical (unpaired) electrons. The first-order valence-corrected chi connectivity index (χ1v) is 20.8. The molecule has 4 aromatic carbocycles. The number of rotatable bonds is 8. The van der Waals surface area contributed by atoms with E-state index in [0.717, 1.165) is 29.4 Å². The molecule has 9 rings (SSSR count). The van der Waals surface area contributed by atoms with Crippen LogP contribution < -0.4 is 24.7 Å². The first-order valence-electron chi connectivity index (χ1n) is 19.3. The number of phenolic OH excluding ortho intramolecular Hbond substituents is 1. The van der Waals surface area contributed by atoms with E-state index in [1.807, 2.05) is 18.2 Å². The lowest BCUT2D eigenvalue weighted by Gasteiger charge is -2.50. The summed E-state index contributed by atoms with van der Waals surface area (Å²) in [7, 11) is 2.97. The van der Waals surface area contributed by atoms with Gasteiger partial charge in [0, 0.05) is 29.7 Å². The van der Waals surface area contributed by atoms with Crippen LogP contribution in [0.2, 0.25) is 10.0 Å². The molecule has 0 bridgehead atoms. The molecule has 4 aromatic rings. The first-order chi connectivity index (χ1) is 28.5. The number of amides is 4. The number of allylic oxidation sites excluding steroid dienone is 2. The third-order valence-electron chi connectivity index (χ3n) is 12.7. The van der Waals surface area contributed by atoms with Crippen molar-refractivity contribution in [1.29, 1.82) is 0 Å². The lowest BCUT2D eigenvalue weighted by molar-refractivity contribution is -0.138. The summed E-state index contributed by atoms with van der Waals surface area (Å²) >= 11 is 16.3. The Morgan fingerprint density at radius 2 is 1.56 bits per heavy atom. The molecule has 3 aliphatic heterocycles. The lowest BCUT2D eigenvalue weighted by atomic mass is 9.49. The minimum Gasteiger partial charge on any atom is -0.503 e. The summed E-state index contributed by atoms with van der Waals surface area (Å²) in [5, 5.41) is 12.6. The van der Waals surface area contributed by atoms with Crippen LogP contribution in [0.4, 0.5) is 17.1 Å². The second kappa shape index (κ2) is 15.2. The van der Waals surface area contributed by atoms with Gasteiger partial charge < -0.3 is 24.2 Å². The van der Waals surface area contributed by atoms with E-state index in [2.05, 4.69) is 26.3 Å². The number of aromatic hydroxyl groups is 1. The molecule has 2 aliphatic carbocycles. The number of hydrogen-bond donors (Lipinski definition) is 2. The molecular formula is C44H39BrCl2N4O8. The molecule has 304 valence electrons. The molecule has 2 N–H and O–H groups in total. The zero-order chi connectivity index (χ0) is 41.3. The fraction of sp³-hybridized carbons (Fsp3) is 0.318. The summed E-state index contributed by atoms with van der Waals surface area (Å²) in [5.74, 6) is -5.19. The number of nitrogens with zero attached hydrogens (tertiary/aromatic N) is 3. The van der Waals surface area contributed by atoms with Gasteiger partial charge >= 0.3 is 0 Å². The monoisotopic (exact) mass is 900 g/mol. The van der Waals surface area contributed by atoms with E-state index in [4.69, 9.17) is 37.4 Å². The highest BCUT2D eigenvalue weighted by atomic mass is 79.9. The van der Waals surface area contributed by atoms with Crippen molar-refractivity contribution >= 4 is 79.8 Å². The van der Waals surface area contributed by atoms with Crippen LogP contribution in [0.1, 0.15) is 29.9 Å². The number of methoxy groups -OCH3 is 2. The van der Waals surface area contributed by atoms with Gasteiger partial charge in [-0.2, -0.15) is 5.01 Å². The Bertz CT molecular complexity index is 2420. The van der Waals surface area contributed by atoms with Gasteiger partial charge in [0.05, 0.1) is 71.5 Å². The van der Waals surface area contributed by atoms with Gasteiger partial charge in [-0.15, -0.1) is 0 Å². The van der Waals surface area contributed by atoms with Crippen LogP contribution in [-0.4, -0.2) is 74.3 Å². The van der Waals surface area contributed by atoms with Crippen molar-refractivity contribution in [2.24, 2.45) is 23.7 Å². The molecule has 0 aromatic heterocycles. The van der Waals surface area contributed by atoms with Crippen molar-refractivity contribution in [2.75, 3.05) is 55.7 Å². The number of hydrazine groups is 1. The molecule has 5 aliphatic rings. The van der Waals surface area contributed by atoms with Crippen LogP contribution >= 0.6 is 39.1 Å². The highest BCUT2D eigenvalue weighted by Gasteiger charge is 2.70. The topological polar surface area (TPSA) is 138 Å². The zero-order valence-corrected chi connectivity index (χ0v) is 35.1. The normalized spacial score (nSPS) is 26.4. The lowest BCUT2D eigenvalue weighted by Crippen LogP contribution is -2.53. The molecule has 3 heterocycles. The first kappa shape index (κ1) is 39.4. The SMILES string of the molecule is COc1ccc(C23C(=O)N(Nc4ccc(Cl)cc4Cl)C(=O)C2CC2C(=CCC4C(=O)N(c5ccc(N6CCOCC6)cc5)C(=O)C42)C3c2cc(Br)c(O)c(OC)c2)cc1. The van der Waals surface area contributed by atoms with E-state index < -0.39 is 46.8 Å². The highest BCUT2D eigenvalue weighted by Crippen LogP contribution is 2.65. The van der Waals surface area contributed by atoms with Gasteiger partial charge in [0.2, 0.25) is 11.8 Å². The molecular weight excluding hydrogens is 863 g/mol. The van der Waals surface area contributed by atoms with Gasteiger partial charge in [-0.25, -0.2) is 0 Å². The molecule has 1 saturated carbocycles. The predicted molar refractivity (Wildman–Crippen MR) is 225 cm³/mol. The number of nitrogens with one attached hydrogen (secondary N) is 1. The molecule has 4 fully saturated rings. The molecule has 3 saturated heterocycles. The zero-order valence-electron chi connectivity index (χ0n) is 32.0. The number of morpholine rings is 1. The minimum absolute atomic E-state index is 0.0891. The molecule has 15 heteroatoms. The largest absolute Gasteiger partial charge is 0.503 e. The van der Waals surface area contributed by atoms with Crippen LogP contribution in [-0.2, 0) is 29.3 Å². The quantitative estimate of drug-likeness (QED) is 0.135. The average Bonchev–Trinajstić information content (AvgIpc) is 3.63. The molecule has 12 nitrogen and oxygen atoms in total. The number of ether oxygens (including phenoxy) is 3. The van der Waals surface area contributed by atoms with Gasteiger partial charge in [-0.05, 0) is 113 Å². The Morgan fingerprint density at radius 3 is 2.24 bits per heavy atom. The smallest absolute Gasteiger partial charge is 0.260 e. The number of halogens is 3. The van der Waals surface area contributed by atoms with Crippen molar-refractivity contribution in [3.8, 4) is 17.2 Å². The van der Waals surface area contributed by atoms with Crippen LogP contribution in [0.3, 0.4) is 0 Å². The Kier molecular flexibility index (Phi) is 10.1. The van der Waals surface area contributed by atoms with E-state index in [0.29, 0.717) is 45.3 Å². The second-order valence-corrected chi connectivity index (χ2v) is 17.1. The average molecular weight is 903 g/mol. The summed E-state index contributed by atoms with van der Waals surface area (Å²) < 4.78 is 16.9. The maximum absolute atomic E-state index is 15.6. The van der Waals surface area contributed by atoms with Gasteiger partial charge in [0.1, 0.15) is 5.75 Å². The number of carbonyl (C=O) groups is 4. The number of fused-ring (bicyclic) bond motifs is 4. The summed E-state index contributed by atoms with van der Waals surface area (Å²) in [6, 6.07) is 22.6. The van der Waals surface area contributed by atoms with Gasteiger partial charge in [-0.1, -0.05) is 47.0 Å². The van der Waals surface area contributed by atoms with Crippen LogP contribution in [0.5, 0.6) is 17.2 Å². The predicted octanol–water partition coefficient (Wildman–Crippen LogP) is 7.50. The van der Waals surface area contributed by atoms with Crippen LogP contribution in [0.15, 0.2) is 95.0 Å². The fourth-order valence-electron chi connectivity index (χ4n) is 10.0. The number of hydrogen-bond acceptors (Lipinski definition) is 10. The van der Waals surface area contributed by atoms with E-state index in [-0.39, 0.29) is 46.9 Å². The molecule has 6 atom stereocenters. The fourth-order valence-corrected chi connectivity index (χ4v) is 10.9. The van der Waals surface area contributed by atoms with E-state index >= 15 is 9.59 Å². The van der Waals surface area contributed by atoms with Gasteiger partial charge in [-0.3, -0.25) is 29.5 Å². The summed E-state index contributed by atoms with van der Waals surface area (Å²) in [6.07, 6.45) is 2.31. The van der Waals surface area contributed by atoms with Crippen molar-refractivity contribution in [1.82, 2.24) is 5.01 Å². The number of imide groups is 2. The van der Waals surface area contributed by atoms with Crippen molar-refractivity contribution in [2.45, 2.75) is 24.2 Å². The van der Waals surface area contributed by atoms with E-state index in [1.54, 1.807) is 67.8 Å². The molecule has 4 amide bonds. The number of phenols is 1. The maximum Gasteiger partial charge on any atom is 0.260 e. The second-order valence-electron chi connectivity index (χ2n) is 15.4. The van der Waals surface area contributed by atoms with Crippen LogP contribution in [0, 0.1) is 23.7 Å². The third-order valence-corrected chi connectivity index (χ3v) is 13.8. The summed E-state index contributed by atoms with van der Waals surface area (Å²) in [5.41, 5.74) is 5.00. The van der Waals surface area contributed by atoms with Crippen molar-refractivity contribution in [3.05, 3.63) is 116 Å². The Labute approximate surface area is 358 Å². The molecule has 6 unspecified atom stereocenters. The number of benzene rings is 4. The summed E-state index contributed by atoms with van der Waals surface area (Å²) in [6.45, 7) is 2.73. The van der Waals surface area contributed by atoms with Gasteiger partial charge in [0.15, 0.2) is 11.5 Å². The standard InChI is InChI=1S/C44H39BrCl2N4O8/c1-57-28-10-3-24(4-11-28)44-32(41(54)51(43(44)56)48-35-14-5-25(46)21-34(35)47)22-31-29(38(44)23-19-33(45)39(52)36(20-23)58-2)12-13-30-37(31)42(55)50(40(30)53)27-8-6-26(7-9-27)49-15-17-59-18-16-49/h3-12,14,19-21,30-32,37-38,48,52H,13,15-18,22H2,1-2H3. The van der Waals surface area contributed by atoms with Crippen molar-refractivity contribution < 1.29 is 38.5 Å². The Morgan fingerprint density at radius 1 is 0.847 bits per heavy atom. The Balaban J connectivity index is 1.19. The number of anilines is 3. The summed E-state index contributed by atoms with van der Waals surface area (Å²) in [4.78, 5) is 63.4. The Hall–Kier alpha value is -5.08. The van der Waals surface area contributed by atoms with E-state index in [9.17, 15) is 14.7 Å². The molecule has 59 heavy (non-hydrogen) atoms. The third kappa shape index (κ3) is 6.19. The van der Waals surface area contributed by atoms with Crippen LogP contribution in [0.25, 0.3) is 0 Å². The van der Waals surface area contributed by atoms with Gasteiger partial charge in [0.25, 0.3) is 11.8 Å². The minimum atomic E-state index is -1.59. The highest BCUT2D eigenvalue weighted by molar-refractivity contribution is 9.10. The molecule has 0 spiro atoms. The van der Waals surface area contributed by atoms with Crippen molar-refractivity contribution in [3.63, 3.8) is 0 Å². The maximum atomic E-state index is 15.6.